The molecule has 7 rings (SSSR count). The molecule has 0 aliphatic rings. The van der Waals surface area contributed by atoms with Gasteiger partial charge in [0.15, 0.2) is 0 Å². The van der Waals surface area contributed by atoms with Gasteiger partial charge in [-0.2, -0.15) is 5.10 Å². The smallest absolute Gasteiger partial charge is 0.137 e. The number of benzene rings is 4. The van der Waals surface area contributed by atoms with Crippen LogP contribution in [-0.2, 0) is 12.8 Å². The zero-order chi connectivity index (χ0) is 35.6. The highest BCUT2D eigenvalue weighted by molar-refractivity contribution is 6.09. The van der Waals surface area contributed by atoms with E-state index in [0.29, 0.717) is 5.92 Å². The van der Waals surface area contributed by atoms with E-state index in [2.05, 4.69) is 143 Å². The topological polar surface area (TPSA) is 44.9 Å². The number of hydrogen-bond acceptors (Lipinski definition) is 3. The van der Waals surface area contributed by atoms with Crippen LogP contribution in [0.4, 0.5) is 0 Å². The van der Waals surface area contributed by atoms with E-state index < -0.39 is 0 Å². The van der Waals surface area contributed by atoms with E-state index in [4.69, 9.17) is 14.8 Å². The molecule has 0 spiro atoms. The van der Waals surface area contributed by atoms with Gasteiger partial charge in [0.1, 0.15) is 17.3 Å². The lowest BCUT2D eigenvalue weighted by atomic mass is 9.91. The molecule has 0 radical (unpaired) electrons. The average molecular weight is 675 g/mol. The molecule has 0 saturated carbocycles. The number of fused-ring (bicyclic) bond motifs is 3. The molecule has 0 unspecified atom stereocenters. The lowest BCUT2D eigenvalue weighted by Crippen LogP contribution is -2.05. The van der Waals surface area contributed by atoms with Crippen molar-refractivity contribution in [1.29, 1.82) is 0 Å². The highest BCUT2D eigenvalue weighted by atomic mass is 16.5. The second-order valence-electron chi connectivity index (χ2n) is 14.4. The van der Waals surface area contributed by atoms with Crippen molar-refractivity contribution in [3.05, 3.63) is 131 Å². The van der Waals surface area contributed by atoms with Gasteiger partial charge in [0, 0.05) is 34.7 Å². The van der Waals surface area contributed by atoms with E-state index >= 15 is 0 Å². The van der Waals surface area contributed by atoms with Crippen LogP contribution in [0.5, 0.6) is 11.5 Å². The van der Waals surface area contributed by atoms with E-state index in [9.17, 15) is 0 Å². The predicted molar refractivity (Wildman–Crippen MR) is 213 cm³/mol. The number of unbranched alkanes of at least 4 members (excludes halogenated alkanes) is 2. The fraction of sp³-hybridized carbons (Fsp3) is 0.304. The van der Waals surface area contributed by atoms with Crippen molar-refractivity contribution in [1.82, 2.24) is 19.3 Å². The lowest BCUT2D eigenvalue weighted by molar-refractivity contribution is 0.481. The van der Waals surface area contributed by atoms with E-state index in [-0.39, 0.29) is 0 Å². The van der Waals surface area contributed by atoms with Crippen molar-refractivity contribution >= 4 is 21.8 Å². The molecule has 5 nitrogen and oxygen atoms in total. The number of para-hydroxylation sites is 1. The molecule has 0 atom stereocenters. The summed E-state index contributed by atoms with van der Waals surface area (Å²) in [7, 11) is 0. The number of rotatable bonds is 12. The Kier molecular flexibility index (Phi) is 9.82. The molecule has 3 heterocycles. The summed E-state index contributed by atoms with van der Waals surface area (Å²) in [6, 6.07) is 32.5. The monoisotopic (exact) mass is 674 g/mol. The van der Waals surface area contributed by atoms with Gasteiger partial charge < -0.3 is 4.74 Å². The van der Waals surface area contributed by atoms with Crippen LogP contribution in [0, 0.1) is 20.8 Å². The Morgan fingerprint density at radius 2 is 1.43 bits per heavy atom. The molecule has 0 N–H and O–H groups in total. The summed E-state index contributed by atoms with van der Waals surface area (Å²) in [5, 5.41) is 7.82. The number of aryl methyl sites for hydroxylation is 4. The maximum atomic E-state index is 6.82. The van der Waals surface area contributed by atoms with Crippen LogP contribution >= 0.6 is 0 Å². The van der Waals surface area contributed by atoms with Crippen LogP contribution in [0.2, 0.25) is 0 Å². The molecule has 0 bridgehead atoms. The summed E-state index contributed by atoms with van der Waals surface area (Å²) in [6.07, 6.45) is 8.28. The summed E-state index contributed by atoms with van der Waals surface area (Å²) in [5.41, 5.74) is 13.4. The molecule has 51 heavy (non-hydrogen) atoms. The molecule has 4 aromatic carbocycles. The molecule has 0 aliphatic heterocycles. The van der Waals surface area contributed by atoms with Crippen LogP contribution in [0.25, 0.3) is 44.4 Å². The van der Waals surface area contributed by atoms with Gasteiger partial charge in [0.2, 0.25) is 0 Å². The molecule has 260 valence electrons. The summed E-state index contributed by atoms with van der Waals surface area (Å²) >= 11 is 0. The van der Waals surface area contributed by atoms with Crippen LogP contribution in [-0.4, -0.2) is 19.3 Å². The van der Waals surface area contributed by atoms with E-state index in [0.717, 1.165) is 72.6 Å². The second-order valence-corrected chi connectivity index (χ2v) is 14.4. The van der Waals surface area contributed by atoms with E-state index in [1.165, 1.54) is 55.5 Å². The molecule has 3 aromatic heterocycles. The maximum Gasteiger partial charge on any atom is 0.137 e. The van der Waals surface area contributed by atoms with Crippen LogP contribution in [0.1, 0.15) is 92.9 Å². The lowest BCUT2D eigenvalue weighted by Gasteiger charge is -2.17. The molecule has 5 heteroatoms. The molecule has 0 aliphatic carbocycles. The molecule has 0 amide bonds. The van der Waals surface area contributed by atoms with Gasteiger partial charge in [0.25, 0.3) is 0 Å². The highest BCUT2D eigenvalue weighted by Crippen LogP contribution is 2.39. The van der Waals surface area contributed by atoms with Crippen molar-refractivity contribution in [2.24, 2.45) is 0 Å². The largest absolute Gasteiger partial charge is 0.457 e. The Labute approximate surface area is 302 Å². The van der Waals surface area contributed by atoms with Gasteiger partial charge in [-0.05, 0) is 123 Å². The zero-order valence-corrected chi connectivity index (χ0v) is 31.3. The van der Waals surface area contributed by atoms with Gasteiger partial charge in [-0.3, -0.25) is 4.57 Å². The SMILES string of the molecule is CCCCc1nn(-c2cc(Oc3ccc4c5ccccc5n(-c5cc(C)ccn5)c4c3)cc(C(C)C)c2)c(CCCC)c1-c1c(C)cccc1C. The second kappa shape index (κ2) is 14.6. The van der Waals surface area contributed by atoms with Crippen molar-refractivity contribution < 1.29 is 4.74 Å². The number of aromatic nitrogens is 4. The first-order chi connectivity index (χ1) is 24.8. The molecule has 0 fully saturated rings. The number of nitrogens with zero attached hydrogens (tertiary/aromatic N) is 4. The van der Waals surface area contributed by atoms with Crippen LogP contribution in [0.15, 0.2) is 97.2 Å². The standard InChI is InChI=1S/C46H50N4O/c1-8-10-18-40-46(45-32(6)15-14-16-33(45)7)42(19-11-9-2)50(48-40)35-26-34(30(3)4)27-37(28-35)51-36-21-22-39-38-17-12-13-20-41(38)49(43(39)29-36)44-25-31(5)23-24-47-44/h12-17,20-30H,8-11,18-19H2,1-7H3. The normalized spacial score (nSPS) is 11.7. The third kappa shape index (κ3) is 6.70. The van der Waals surface area contributed by atoms with Crippen molar-refractivity contribution in [2.45, 2.75) is 92.9 Å². The Bertz CT molecular complexity index is 2320. The summed E-state index contributed by atoms with van der Waals surface area (Å²) in [6.45, 7) is 15.6. The van der Waals surface area contributed by atoms with E-state index in [1.54, 1.807) is 0 Å². The first-order valence-corrected chi connectivity index (χ1v) is 18.7. The minimum atomic E-state index is 0.317. The summed E-state index contributed by atoms with van der Waals surface area (Å²) in [5.74, 6) is 2.82. The third-order valence-corrected chi connectivity index (χ3v) is 10.2. The number of ether oxygens (including phenoxy) is 1. The molecule has 0 saturated heterocycles. The first kappa shape index (κ1) is 34.3. The van der Waals surface area contributed by atoms with Crippen LogP contribution < -0.4 is 4.74 Å². The zero-order valence-electron chi connectivity index (χ0n) is 31.3. The number of pyridine rings is 1. The van der Waals surface area contributed by atoms with Crippen molar-refractivity contribution in [3.63, 3.8) is 0 Å². The average Bonchev–Trinajstić information content (AvgIpc) is 3.64. The molecular weight excluding hydrogens is 625 g/mol. The first-order valence-electron chi connectivity index (χ1n) is 18.7. The van der Waals surface area contributed by atoms with Gasteiger partial charge >= 0.3 is 0 Å². The van der Waals surface area contributed by atoms with Gasteiger partial charge in [-0.1, -0.05) is 76.9 Å². The highest BCUT2D eigenvalue weighted by Gasteiger charge is 2.23. The Morgan fingerprint density at radius 1 is 0.686 bits per heavy atom. The van der Waals surface area contributed by atoms with Crippen LogP contribution in [0.3, 0.4) is 0 Å². The third-order valence-electron chi connectivity index (χ3n) is 10.2. The Hall–Kier alpha value is -5.16. The van der Waals surface area contributed by atoms with E-state index in [1.807, 2.05) is 12.3 Å². The quantitative estimate of drug-likeness (QED) is 0.130. The van der Waals surface area contributed by atoms with Crippen molar-refractivity contribution in [2.75, 3.05) is 0 Å². The van der Waals surface area contributed by atoms with Gasteiger partial charge in [0.05, 0.1) is 28.1 Å². The van der Waals surface area contributed by atoms with Gasteiger partial charge in [-0.25, -0.2) is 9.67 Å². The maximum absolute atomic E-state index is 6.82. The van der Waals surface area contributed by atoms with Crippen molar-refractivity contribution in [3.8, 4) is 34.1 Å². The predicted octanol–water partition coefficient (Wildman–Crippen LogP) is 12.6. The molecular formula is C46H50N4O. The Morgan fingerprint density at radius 3 is 2.18 bits per heavy atom. The minimum Gasteiger partial charge on any atom is -0.457 e. The summed E-state index contributed by atoms with van der Waals surface area (Å²) in [4.78, 5) is 4.77. The Balaban J connectivity index is 1.38. The minimum absolute atomic E-state index is 0.317. The summed E-state index contributed by atoms with van der Waals surface area (Å²) < 4.78 is 11.3. The fourth-order valence-corrected chi connectivity index (χ4v) is 7.47. The molecule has 7 aromatic rings. The fourth-order valence-electron chi connectivity index (χ4n) is 7.47. The number of hydrogen-bond donors (Lipinski definition) is 0. The van der Waals surface area contributed by atoms with Gasteiger partial charge in [-0.15, -0.1) is 0 Å².